The Morgan fingerprint density at radius 2 is 2.15 bits per heavy atom. The molecule has 13 heavy (non-hydrogen) atoms. The Morgan fingerprint density at radius 1 is 1.46 bits per heavy atom. The van der Waals surface area contributed by atoms with E-state index in [1.54, 1.807) is 0 Å². The van der Waals surface area contributed by atoms with E-state index in [4.69, 9.17) is 9.84 Å². The highest BCUT2D eigenvalue weighted by molar-refractivity contribution is 5.78. The summed E-state index contributed by atoms with van der Waals surface area (Å²) in [6.07, 6.45) is -2.50. The van der Waals surface area contributed by atoms with Crippen LogP contribution in [0.25, 0.3) is 0 Å². The lowest BCUT2D eigenvalue weighted by Gasteiger charge is -2.04. The molecule has 0 aliphatic heterocycles. The van der Waals surface area contributed by atoms with Crippen LogP contribution in [0.1, 0.15) is 6.42 Å². The average Bonchev–Trinajstić information content (AvgIpc) is 2.10. The number of carbonyl (C=O) groups excluding carboxylic acids is 1. The first-order valence-electron chi connectivity index (χ1n) is 3.93. The molecule has 0 aromatic rings. The van der Waals surface area contributed by atoms with Gasteiger partial charge in [0.25, 0.3) is 5.91 Å². The van der Waals surface area contributed by atoms with Crippen LogP contribution in [0.3, 0.4) is 0 Å². The molecule has 0 spiro atoms. The molecule has 0 unspecified atom stereocenters. The van der Waals surface area contributed by atoms with Crippen LogP contribution in [0, 0.1) is 0 Å². The summed E-state index contributed by atoms with van der Waals surface area (Å²) in [7, 11) is 0. The quantitative estimate of drug-likeness (QED) is 0.554. The maximum Gasteiger partial charge on any atom is 0.315 e. The van der Waals surface area contributed by atoms with Crippen molar-refractivity contribution in [3.63, 3.8) is 0 Å². The number of hydrogen-bond donors (Lipinski definition) is 2. The minimum Gasteiger partial charge on any atom is -0.394 e. The summed E-state index contributed by atoms with van der Waals surface area (Å²) in [6.45, 7) is 0.658. The SMILES string of the molecule is O=C(NCCCOCCO)C(F)F. The number of halogens is 2. The topological polar surface area (TPSA) is 58.6 Å². The summed E-state index contributed by atoms with van der Waals surface area (Å²) in [5.41, 5.74) is 0. The van der Waals surface area contributed by atoms with Gasteiger partial charge >= 0.3 is 6.43 Å². The van der Waals surface area contributed by atoms with Crippen molar-refractivity contribution in [2.75, 3.05) is 26.4 Å². The molecular formula is C7H13F2NO3. The number of carbonyl (C=O) groups is 1. The van der Waals surface area contributed by atoms with Gasteiger partial charge < -0.3 is 15.2 Å². The normalized spacial score (nSPS) is 10.5. The highest BCUT2D eigenvalue weighted by atomic mass is 19.3. The van der Waals surface area contributed by atoms with Crippen molar-refractivity contribution in [3.05, 3.63) is 0 Å². The lowest BCUT2D eigenvalue weighted by molar-refractivity contribution is -0.131. The van der Waals surface area contributed by atoms with Crippen LogP contribution in [0.15, 0.2) is 0 Å². The summed E-state index contributed by atoms with van der Waals surface area (Å²) in [5, 5.41) is 10.3. The molecule has 0 heterocycles. The van der Waals surface area contributed by atoms with E-state index in [2.05, 4.69) is 0 Å². The molecule has 0 fully saturated rings. The van der Waals surface area contributed by atoms with Crippen molar-refractivity contribution in [2.45, 2.75) is 12.8 Å². The van der Waals surface area contributed by atoms with Crippen molar-refractivity contribution in [1.29, 1.82) is 0 Å². The fraction of sp³-hybridized carbons (Fsp3) is 0.857. The third-order valence-corrected chi connectivity index (χ3v) is 1.20. The summed E-state index contributed by atoms with van der Waals surface area (Å²) in [4.78, 5) is 10.3. The van der Waals surface area contributed by atoms with Gasteiger partial charge in [-0.3, -0.25) is 4.79 Å². The number of hydrogen-bond acceptors (Lipinski definition) is 3. The van der Waals surface area contributed by atoms with E-state index in [1.807, 2.05) is 5.32 Å². The molecule has 0 saturated carbocycles. The molecule has 0 aromatic heterocycles. The van der Waals surface area contributed by atoms with E-state index in [0.29, 0.717) is 13.0 Å². The molecule has 0 aliphatic rings. The molecular weight excluding hydrogens is 184 g/mol. The van der Waals surface area contributed by atoms with Crippen molar-refractivity contribution >= 4 is 5.91 Å². The molecule has 0 rings (SSSR count). The fourth-order valence-electron chi connectivity index (χ4n) is 0.630. The number of nitrogens with one attached hydrogen (secondary N) is 1. The molecule has 78 valence electrons. The second kappa shape index (κ2) is 7.88. The molecule has 0 atom stereocenters. The first kappa shape index (κ1) is 12.2. The van der Waals surface area contributed by atoms with Crippen LogP contribution in [0.2, 0.25) is 0 Å². The maximum atomic E-state index is 11.6. The predicted octanol–water partition coefficient (Wildman–Crippen LogP) is -0.233. The molecule has 0 saturated heterocycles. The van der Waals surface area contributed by atoms with Gasteiger partial charge in [-0.25, -0.2) is 0 Å². The molecule has 1 amide bonds. The van der Waals surface area contributed by atoms with Gasteiger partial charge in [0.15, 0.2) is 0 Å². The van der Waals surface area contributed by atoms with E-state index in [1.165, 1.54) is 0 Å². The van der Waals surface area contributed by atoms with Crippen molar-refractivity contribution in [3.8, 4) is 0 Å². The van der Waals surface area contributed by atoms with Gasteiger partial charge in [0, 0.05) is 13.2 Å². The first-order chi connectivity index (χ1) is 6.18. The van der Waals surface area contributed by atoms with E-state index < -0.39 is 12.3 Å². The van der Waals surface area contributed by atoms with Crippen molar-refractivity contribution < 1.29 is 23.4 Å². The van der Waals surface area contributed by atoms with Crippen molar-refractivity contribution in [2.24, 2.45) is 0 Å². The number of aliphatic hydroxyl groups is 1. The Morgan fingerprint density at radius 3 is 2.69 bits per heavy atom. The maximum absolute atomic E-state index is 11.6. The van der Waals surface area contributed by atoms with Gasteiger partial charge in [-0.15, -0.1) is 0 Å². The fourth-order valence-corrected chi connectivity index (χ4v) is 0.630. The molecule has 2 N–H and O–H groups in total. The molecule has 0 bridgehead atoms. The minimum absolute atomic E-state index is 0.0661. The molecule has 6 heteroatoms. The molecule has 0 radical (unpaired) electrons. The standard InChI is InChI=1S/C7H13F2NO3/c8-6(9)7(12)10-2-1-4-13-5-3-11/h6,11H,1-5H2,(H,10,12). The molecule has 4 nitrogen and oxygen atoms in total. The van der Waals surface area contributed by atoms with Crippen LogP contribution in [0.4, 0.5) is 8.78 Å². The molecule has 0 aliphatic carbocycles. The largest absolute Gasteiger partial charge is 0.394 e. The van der Waals surface area contributed by atoms with Gasteiger partial charge in [-0.05, 0) is 6.42 Å². The van der Waals surface area contributed by atoms with Crippen LogP contribution >= 0.6 is 0 Å². The number of ether oxygens (including phenoxy) is 1. The zero-order valence-electron chi connectivity index (χ0n) is 7.13. The van der Waals surface area contributed by atoms with Gasteiger partial charge in [-0.1, -0.05) is 0 Å². The summed E-state index contributed by atoms with van der Waals surface area (Å²) in [5.74, 6) is -1.26. The van der Waals surface area contributed by atoms with E-state index in [9.17, 15) is 13.6 Å². The summed E-state index contributed by atoms with van der Waals surface area (Å²) >= 11 is 0. The Bertz CT molecular complexity index is 144. The summed E-state index contributed by atoms with van der Waals surface area (Å²) < 4.78 is 28.0. The second-order valence-electron chi connectivity index (χ2n) is 2.28. The van der Waals surface area contributed by atoms with Crippen molar-refractivity contribution in [1.82, 2.24) is 5.32 Å². The lowest BCUT2D eigenvalue weighted by Crippen LogP contribution is -2.30. The van der Waals surface area contributed by atoms with Gasteiger partial charge in [0.2, 0.25) is 0 Å². The van der Waals surface area contributed by atoms with Gasteiger partial charge in [0.1, 0.15) is 0 Å². The zero-order valence-corrected chi connectivity index (χ0v) is 7.13. The Labute approximate surface area is 74.9 Å². The van der Waals surface area contributed by atoms with Crippen LogP contribution in [-0.4, -0.2) is 43.8 Å². The summed E-state index contributed by atoms with van der Waals surface area (Å²) in [6, 6.07) is 0. The third kappa shape index (κ3) is 7.61. The van der Waals surface area contributed by atoms with Gasteiger partial charge in [-0.2, -0.15) is 8.78 Å². The van der Waals surface area contributed by atoms with Crippen LogP contribution in [0.5, 0.6) is 0 Å². The second-order valence-corrected chi connectivity index (χ2v) is 2.28. The monoisotopic (exact) mass is 197 g/mol. The van der Waals surface area contributed by atoms with Crippen LogP contribution in [-0.2, 0) is 9.53 Å². The number of rotatable bonds is 7. The lowest BCUT2D eigenvalue weighted by atomic mass is 10.4. The Balaban J connectivity index is 3.12. The number of amides is 1. The van der Waals surface area contributed by atoms with Gasteiger partial charge in [0.05, 0.1) is 13.2 Å². The Kier molecular flexibility index (Phi) is 7.42. The Hall–Kier alpha value is -0.750. The predicted molar refractivity (Wildman–Crippen MR) is 41.5 cm³/mol. The smallest absolute Gasteiger partial charge is 0.315 e. The van der Waals surface area contributed by atoms with E-state index in [0.717, 1.165) is 0 Å². The zero-order chi connectivity index (χ0) is 10.1. The third-order valence-electron chi connectivity index (χ3n) is 1.20. The number of alkyl halides is 2. The highest BCUT2D eigenvalue weighted by Gasteiger charge is 2.13. The highest BCUT2D eigenvalue weighted by Crippen LogP contribution is 1.90. The van der Waals surface area contributed by atoms with E-state index >= 15 is 0 Å². The molecule has 0 aromatic carbocycles. The average molecular weight is 197 g/mol. The van der Waals surface area contributed by atoms with Crippen LogP contribution < -0.4 is 5.32 Å². The van der Waals surface area contributed by atoms with E-state index in [-0.39, 0.29) is 19.8 Å². The first-order valence-corrected chi connectivity index (χ1v) is 3.93. The minimum atomic E-state index is -2.96. The number of aliphatic hydroxyl groups excluding tert-OH is 1.